The lowest BCUT2D eigenvalue weighted by molar-refractivity contribution is -0.137. The lowest BCUT2D eigenvalue weighted by Gasteiger charge is -2.13. The number of nitrogens with two attached hydrogens (primary N) is 1. The standard InChI is InChI=1S/C10H8F3N3/c11-10(12,13)7-3-1-2-4-8(7)16-9(14)5-6-15-16/h1-6H,14H2. The first-order valence-electron chi connectivity index (χ1n) is 4.46. The zero-order chi connectivity index (χ0) is 11.8. The molecular weight excluding hydrogens is 219 g/mol. The summed E-state index contributed by atoms with van der Waals surface area (Å²) >= 11 is 0. The molecule has 16 heavy (non-hydrogen) atoms. The molecule has 2 aromatic rings. The normalized spacial score (nSPS) is 11.7. The predicted octanol–water partition coefficient (Wildman–Crippen LogP) is 2.47. The summed E-state index contributed by atoms with van der Waals surface area (Å²) in [5.41, 5.74) is 4.69. The molecule has 0 radical (unpaired) electrons. The minimum atomic E-state index is -4.42. The maximum absolute atomic E-state index is 12.7. The van der Waals surface area contributed by atoms with Gasteiger partial charge in [-0.15, -0.1) is 0 Å². The first-order valence-corrected chi connectivity index (χ1v) is 4.46. The van der Waals surface area contributed by atoms with Crippen molar-refractivity contribution < 1.29 is 13.2 Å². The van der Waals surface area contributed by atoms with E-state index in [1.807, 2.05) is 0 Å². The van der Waals surface area contributed by atoms with E-state index in [1.165, 1.54) is 30.5 Å². The molecule has 0 unspecified atom stereocenters. The van der Waals surface area contributed by atoms with Gasteiger partial charge in [0.15, 0.2) is 0 Å². The number of rotatable bonds is 1. The van der Waals surface area contributed by atoms with Gasteiger partial charge in [-0.1, -0.05) is 12.1 Å². The summed E-state index contributed by atoms with van der Waals surface area (Å²) < 4.78 is 39.1. The van der Waals surface area contributed by atoms with Gasteiger partial charge in [-0.2, -0.15) is 18.3 Å². The Hall–Kier alpha value is -1.98. The van der Waals surface area contributed by atoms with E-state index < -0.39 is 11.7 Å². The quantitative estimate of drug-likeness (QED) is 0.813. The van der Waals surface area contributed by atoms with E-state index in [-0.39, 0.29) is 11.5 Å². The van der Waals surface area contributed by atoms with Crippen molar-refractivity contribution in [3.05, 3.63) is 42.1 Å². The number of hydrogen-bond donors (Lipinski definition) is 1. The van der Waals surface area contributed by atoms with Gasteiger partial charge >= 0.3 is 6.18 Å². The Morgan fingerprint density at radius 3 is 2.38 bits per heavy atom. The third-order valence-corrected chi connectivity index (χ3v) is 2.11. The van der Waals surface area contributed by atoms with Crippen molar-refractivity contribution in [3.63, 3.8) is 0 Å². The van der Waals surface area contributed by atoms with Gasteiger partial charge in [0.1, 0.15) is 5.82 Å². The summed E-state index contributed by atoms with van der Waals surface area (Å²) in [5.74, 6) is 0.164. The van der Waals surface area contributed by atoms with Crippen LogP contribution in [0.25, 0.3) is 5.69 Å². The second kappa shape index (κ2) is 3.55. The highest BCUT2D eigenvalue weighted by Gasteiger charge is 2.34. The number of nitrogen functional groups attached to an aromatic ring is 1. The second-order valence-electron chi connectivity index (χ2n) is 3.18. The minimum absolute atomic E-state index is 0.0718. The molecule has 0 aliphatic carbocycles. The van der Waals surface area contributed by atoms with Crippen molar-refractivity contribution in [2.45, 2.75) is 6.18 Å². The molecule has 2 rings (SSSR count). The first-order chi connectivity index (χ1) is 7.50. The average molecular weight is 227 g/mol. The molecule has 1 aromatic heterocycles. The number of aromatic nitrogens is 2. The van der Waals surface area contributed by atoms with Crippen molar-refractivity contribution in [1.29, 1.82) is 0 Å². The highest BCUT2D eigenvalue weighted by atomic mass is 19.4. The Labute approximate surface area is 89.3 Å². The third kappa shape index (κ3) is 1.73. The molecule has 2 N–H and O–H groups in total. The summed E-state index contributed by atoms with van der Waals surface area (Å²) in [6, 6.07) is 6.59. The largest absolute Gasteiger partial charge is 0.418 e. The Balaban J connectivity index is 2.62. The Morgan fingerprint density at radius 2 is 1.81 bits per heavy atom. The maximum Gasteiger partial charge on any atom is 0.418 e. The second-order valence-corrected chi connectivity index (χ2v) is 3.18. The zero-order valence-corrected chi connectivity index (χ0v) is 8.07. The fourth-order valence-electron chi connectivity index (χ4n) is 1.41. The van der Waals surface area contributed by atoms with Crippen molar-refractivity contribution >= 4 is 5.82 Å². The number of anilines is 1. The molecule has 0 atom stereocenters. The first kappa shape index (κ1) is 10.5. The molecule has 0 aliphatic heterocycles. The van der Waals surface area contributed by atoms with Gasteiger partial charge < -0.3 is 5.73 Å². The van der Waals surface area contributed by atoms with Crippen molar-refractivity contribution in [2.75, 3.05) is 5.73 Å². The zero-order valence-electron chi connectivity index (χ0n) is 8.07. The van der Waals surface area contributed by atoms with E-state index in [1.54, 1.807) is 0 Å². The molecule has 1 heterocycles. The number of nitrogens with zero attached hydrogens (tertiary/aromatic N) is 2. The van der Waals surface area contributed by atoms with Crippen LogP contribution in [0, 0.1) is 0 Å². The molecule has 0 saturated heterocycles. The summed E-state index contributed by atoms with van der Waals surface area (Å²) in [7, 11) is 0. The van der Waals surface area contributed by atoms with Gasteiger partial charge in [-0.3, -0.25) is 0 Å². The maximum atomic E-state index is 12.7. The van der Waals surface area contributed by atoms with Crippen LogP contribution >= 0.6 is 0 Å². The molecule has 0 amide bonds. The molecule has 1 aromatic carbocycles. The summed E-state index contributed by atoms with van der Waals surface area (Å²) in [6.07, 6.45) is -3.07. The number of hydrogen-bond acceptors (Lipinski definition) is 2. The molecule has 0 aliphatic rings. The van der Waals surface area contributed by atoms with Crippen LogP contribution in [0.4, 0.5) is 19.0 Å². The van der Waals surface area contributed by atoms with Crippen LogP contribution in [-0.2, 0) is 6.18 Å². The fourth-order valence-corrected chi connectivity index (χ4v) is 1.41. The topological polar surface area (TPSA) is 43.8 Å². The van der Waals surface area contributed by atoms with E-state index in [9.17, 15) is 13.2 Å². The van der Waals surface area contributed by atoms with Gasteiger partial charge in [-0.05, 0) is 12.1 Å². The highest BCUT2D eigenvalue weighted by molar-refractivity contribution is 5.47. The molecule has 6 heteroatoms. The van der Waals surface area contributed by atoms with Gasteiger partial charge in [0.2, 0.25) is 0 Å². The van der Waals surface area contributed by atoms with Crippen molar-refractivity contribution in [1.82, 2.24) is 9.78 Å². The smallest absolute Gasteiger partial charge is 0.384 e. The Morgan fingerprint density at radius 1 is 1.12 bits per heavy atom. The molecule has 0 bridgehead atoms. The van der Waals surface area contributed by atoms with Crippen LogP contribution in [0.5, 0.6) is 0 Å². The fraction of sp³-hybridized carbons (Fsp3) is 0.100. The summed E-state index contributed by atoms with van der Waals surface area (Å²) in [5, 5.41) is 3.75. The minimum Gasteiger partial charge on any atom is -0.384 e. The number of alkyl halides is 3. The van der Waals surface area contributed by atoms with Crippen LogP contribution < -0.4 is 5.73 Å². The van der Waals surface area contributed by atoms with Crippen molar-refractivity contribution in [3.8, 4) is 5.69 Å². The van der Waals surface area contributed by atoms with Gasteiger partial charge in [-0.25, -0.2) is 4.68 Å². The summed E-state index contributed by atoms with van der Waals surface area (Å²) in [6.45, 7) is 0. The van der Waals surface area contributed by atoms with Gasteiger partial charge in [0.05, 0.1) is 17.4 Å². The third-order valence-electron chi connectivity index (χ3n) is 2.11. The number of halogens is 3. The SMILES string of the molecule is Nc1ccnn1-c1ccccc1C(F)(F)F. The van der Waals surface area contributed by atoms with Crippen molar-refractivity contribution in [2.24, 2.45) is 0 Å². The highest BCUT2D eigenvalue weighted by Crippen LogP contribution is 2.33. The lowest BCUT2D eigenvalue weighted by Crippen LogP contribution is -2.12. The van der Waals surface area contributed by atoms with E-state index in [4.69, 9.17) is 5.73 Å². The van der Waals surface area contributed by atoms with E-state index in [0.29, 0.717) is 0 Å². The molecule has 0 spiro atoms. The van der Waals surface area contributed by atoms with E-state index in [2.05, 4.69) is 5.10 Å². The molecular formula is C10H8F3N3. The van der Waals surface area contributed by atoms with Crippen LogP contribution in [0.2, 0.25) is 0 Å². The van der Waals surface area contributed by atoms with E-state index in [0.717, 1.165) is 10.7 Å². The molecule has 0 saturated carbocycles. The Kier molecular flexibility index (Phi) is 2.34. The van der Waals surface area contributed by atoms with Crippen LogP contribution in [0.1, 0.15) is 5.56 Å². The monoisotopic (exact) mass is 227 g/mol. The predicted molar refractivity (Wildman–Crippen MR) is 53.0 cm³/mol. The van der Waals surface area contributed by atoms with Crippen LogP contribution in [0.3, 0.4) is 0 Å². The van der Waals surface area contributed by atoms with E-state index >= 15 is 0 Å². The van der Waals surface area contributed by atoms with Crippen LogP contribution in [-0.4, -0.2) is 9.78 Å². The van der Waals surface area contributed by atoms with Crippen LogP contribution in [0.15, 0.2) is 36.5 Å². The average Bonchev–Trinajstić information content (AvgIpc) is 2.63. The lowest BCUT2D eigenvalue weighted by atomic mass is 10.1. The van der Waals surface area contributed by atoms with Gasteiger partial charge in [0, 0.05) is 6.07 Å². The van der Waals surface area contributed by atoms with Gasteiger partial charge in [0.25, 0.3) is 0 Å². The Bertz CT molecular complexity index is 502. The number of benzene rings is 1. The molecule has 3 nitrogen and oxygen atoms in total. The summed E-state index contributed by atoms with van der Waals surface area (Å²) in [4.78, 5) is 0. The molecule has 84 valence electrons. The number of para-hydroxylation sites is 1. The molecule has 0 fully saturated rings.